The molecule has 5 heteroatoms. The van der Waals surface area contributed by atoms with Gasteiger partial charge in [-0.25, -0.2) is 9.18 Å². The van der Waals surface area contributed by atoms with Crippen LogP contribution in [-0.4, -0.2) is 10.4 Å². The molecular formula is C10H8FNO3. The Bertz CT molecular complexity index is 609. The summed E-state index contributed by atoms with van der Waals surface area (Å²) in [6.07, 6.45) is 0. The van der Waals surface area contributed by atoms with Gasteiger partial charge in [0.1, 0.15) is 5.82 Å². The molecule has 0 amide bonds. The van der Waals surface area contributed by atoms with E-state index in [1.807, 2.05) is 0 Å². The summed E-state index contributed by atoms with van der Waals surface area (Å²) in [6.45, 7) is 1.26. The fourth-order valence-corrected chi connectivity index (χ4v) is 1.42. The van der Waals surface area contributed by atoms with Crippen molar-refractivity contribution in [2.45, 2.75) is 6.92 Å². The van der Waals surface area contributed by atoms with Gasteiger partial charge in [-0.1, -0.05) is 0 Å². The molecule has 0 fully saturated rings. The van der Waals surface area contributed by atoms with Crippen LogP contribution in [0.1, 0.15) is 17.3 Å². The Morgan fingerprint density at radius 2 is 2.13 bits per heavy atom. The molecular weight excluding hydrogens is 201 g/mol. The Hall–Kier alpha value is -1.91. The first-order valence-electron chi connectivity index (χ1n) is 4.30. The summed E-state index contributed by atoms with van der Waals surface area (Å²) in [5.74, 6) is -1.63. The van der Waals surface area contributed by atoms with Crippen LogP contribution in [0.15, 0.2) is 21.3 Å². The molecule has 0 saturated carbocycles. The number of benzene rings is 1. The minimum Gasteiger partial charge on any atom is -0.408 e. The molecule has 0 aliphatic carbocycles. The maximum atomic E-state index is 13.4. The molecule has 0 aliphatic heterocycles. The van der Waals surface area contributed by atoms with Crippen molar-refractivity contribution >= 4 is 16.9 Å². The van der Waals surface area contributed by atoms with Gasteiger partial charge in [0.2, 0.25) is 0 Å². The van der Waals surface area contributed by atoms with E-state index in [0.29, 0.717) is 5.52 Å². The van der Waals surface area contributed by atoms with E-state index in [2.05, 4.69) is 0 Å². The molecule has 0 spiro atoms. The van der Waals surface area contributed by atoms with Gasteiger partial charge in [-0.15, -0.1) is 0 Å². The number of hydrogen-bond acceptors (Lipinski definition) is 3. The number of ketones is 1. The number of nitrogens with zero attached hydrogens (tertiary/aromatic N) is 1. The van der Waals surface area contributed by atoms with E-state index >= 15 is 0 Å². The highest BCUT2D eigenvalue weighted by Gasteiger charge is 2.13. The number of hydrogen-bond donors (Lipinski definition) is 0. The van der Waals surface area contributed by atoms with Gasteiger partial charge >= 0.3 is 5.76 Å². The van der Waals surface area contributed by atoms with E-state index in [9.17, 15) is 14.0 Å². The van der Waals surface area contributed by atoms with Gasteiger partial charge in [-0.05, 0) is 13.0 Å². The zero-order chi connectivity index (χ0) is 11.2. The fourth-order valence-electron chi connectivity index (χ4n) is 1.42. The number of oxazole rings is 1. The maximum absolute atomic E-state index is 13.4. The predicted octanol–water partition coefficient (Wildman–Crippen LogP) is 1.47. The van der Waals surface area contributed by atoms with E-state index in [4.69, 9.17) is 4.42 Å². The molecule has 0 aliphatic rings. The first kappa shape index (κ1) is 9.64. The Labute approximate surface area is 83.9 Å². The van der Waals surface area contributed by atoms with Crippen molar-refractivity contribution in [2.24, 2.45) is 7.05 Å². The van der Waals surface area contributed by atoms with Crippen LogP contribution in [0.3, 0.4) is 0 Å². The van der Waals surface area contributed by atoms with Crippen molar-refractivity contribution in [3.05, 3.63) is 34.1 Å². The van der Waals surface area contributed by atoms with Gasteiger partial charge in [-0.3, -0.25) is 9.36 Å². The first-order valence-corrected chi connectivity index (χ1v) is 4.30. The van der Waals surface area contributed by atoms with Gasteiger partial charge < -0.3 is 4.42 Å². The highest BCUT2D eigenvalue weighted by atomic mass is 19.1. The predicted molar refractivity (Wildman–Crippen MR) is 51.4 cm³/mol. The van der Waals surface area contributed by atoms with Gasteiger partial charge in [0, 0.05) is 13.1 Å². The van der Waals surface area contributed by atoms with Crippen molar-refractivity contribution < 1.29 is 13.6 Å². The van der Waals surface area contributed by atoms with E-state index in [-0.39, 0.29) is 11.1 Å². The second-order valence-electron chi connectivity index (χ2n) is 3.28. The van der Waals surface area contributed by atoms with Gasteiger partial charge in [0.15, 0.2) is 11.4 Å². The number of carbonyl (C=O) groups excluding carboxylic acids is 1. The highest BCUT2D eigenvalue weighted by Crippen LogP contribution is 2.18. The second-order valence-corrected chi connectivity index (χ2v) is 3.28. The molecule has 0 radical (unpaired) electrons. The van der Waals surface area contributed by atoms with Gasteiger partial charge in [-0.2, -0.15) is 0 Å². The Morgan fingerprint density at radius 1 is 1.47 bits per heavy atom. The van der Waals surface area contributed by atoms with Crippen LogP contribution in [-0.2, 0) is 7.05 Å². The van der Waals surface area contributed by atoms with Crippen molar-refractivity contribution in [3.63, 3.8) is 0 Å². The Morgan fingerprint density at radius 3 is 2.73 bits per heavy atom. The van der Waals surface area contributed by atoms with Crippen LogP contribution in [0.2, 0.25) is 0 Å². The lowest BCUT2D eigenvalue weighted by Crippen LogP contribution is -2.08. The summed E-state index contributed by atoms with van der Waals surface area (Å²) in [5.41, 5.74) is 0.480. The maximum Gasteiger partial charge on any atom is 0.419 e. The molecule has 1 aromatic heterocycles. The van der Waals surface area contributed by atoms with E-state index in [0.717, 1.165) is 6.07 Å². The van der Waals surface area contributed by atoms with Crippen LogP contribution in [0.4, 0.5) is 4.39 Å². The Kier molecular flexibility index (Phi) is 1.96. The summed E-state index contributed by atoms with van der Waals surface area (Å²) in [6, 6.07) is 2.37. The number of fused-ring (bicyclic) bond motifs is 1. The van der Waals surface area contributed by atoms with Crippen molar-refractivity contribution in [1.82, 2.24) is 4.57 Å². The molecule has 0 saturated heterocycles. The summed E-state index contributed by atoms with van der Waals surface area (Å²) < 4.78 is 19.4. The third-order valence-corrected chi connectivity index (χ3v) is 2.26. The van der Waals surface area contributed by atoms with Crippen LogP contribution in [0, 0.1) is 5.82 Å². The van der Waals surface area contributed by atoms with Crippen LogP contribution in [0.5, 0.6) is 0 Å². The fraction of sp³-hybridized carbons (Fsp3) is 0.200. The molecule has 15 heavy (non-hydrogen) atoms. The molecule has 1 aromatic carbocycles. The average molecular weight is 209 g/mol. The molecule has 2 rings (SSSR count). The number of aromatic nitrogens is 1. The number of carbonyl (C=O) groups is 1. The third kappa shape index (κ3) is 1.36. The molecule has 1 heterocycles. The first-order chi connectivity index (χ1) is 7.00. The monoisotopic (exact) mass is 209 g/mol. The van der Waals surface area contributed by atoms with Crippen molar-refractivity contribution in [3.8, 4) is 0 Å². The van der Waals surface area contributed by atoms with Crippen LogP contribution in [0.25, 0.3) is 11.1 Å². The number of rotatable bonds is 1. The molecule has 0 N–H and O–H groups in total. The smallest absolute Gasteiger partial charge is 0.408 e. The topological polar surface area (TPSA) is 52.2 Å². The van der Waals surface area contributed by atoms with Crippen molar-refractivity contribution in [2.75, 3.05) is 0 Å². The minimum atomic E-state index is -0.647. The third-order valence-electron chi connectivity index (χ3n) is 2.26. The van der Waals surface area contributed by atoms with Crippen LogP contribution < -0.4 is 5.76 Å². The van der Waals surface area contributed by atoms with Gasteiger partial charge in [0.25, 0.3) is 0 Å². The number of aryl methyl sites for hydroxylation is 1. The lowest BCUT2D eigenvalue weighted by Gasteiger charge is -1.98. The number of halogens is 1. The molecule has 78 valence electrons. The van der Waals surface area contributed by atoms with Gasteiger partial charge in [0.05, 0.1) is 11.1 Å². The highest BCUT2D eigenvalue weighted by molar-refractivity contribution is 5.97. The van der Waals surface area contributed by atoms with Crippen LogP contribution >= 0.6 is 0 Å². The lowest BCUT2D eigenvalue weighted by atomic mass is 10.1. The summed E-state index contributed by atoms with van der Waals surface area (Å²) in [4.78, 5) is 22.2. The standard InChI is InChI=1S/C10H8FNO3/c1-5(13)6-3-9-8(4-7(6)11)12(2)10(14)15-9/h3-4H,1-2H3. The minimum absolute atomic E-state index is 0.0724. The molecule has 2 aromatic rings. The Balaban J connectivity index is 2.88. The second kappa shape index (κ2) is 3.05. The average Bonchev–Trinajstić information content (AvgIpc) is 2.43. The molecule has 0 atom stereocenters. The van der Waals surface area contributed by atoms with E-state index in [1.54, 1.807) is 0 Å². The quantitative estimate of drug-likeness (QED) is 0.668. The summed E-state index contributed by atoms with van der Waals surface area (Å²) in [7, 11) is 1.47. The zero-order valence-corrected chi connectivity index (χ0v) is 8.20. The lowest BCUT2D eigenvalue weighted by molar-refractivity contribution is 0.101. The largest absolute Gasteiger partial charge is 0.419 e. The molecule has 0 bridgehead atoms. The van der Waals surface area contributed by atoms with Crippen molar-refractivity contribution in [1.29, 1.82) is 0 Å². The summed E-state index contributed by atoms with van der Waals surface area (Å²) in [5, 5.41) is 0. The SMILES string of the molecule is CC(=O)c1cc2oc(=O)n(C)c2cc1F. The summed E-state index contributed by atoms with van der Waals surface area (Å²) >= 11 is 0. The van der Waals surface area contributed by atoms with E-state index in [1.165, 1.54) is 24.6 Å². The number of Topliss-reactive ketones (excluding diaryl/α,β-unsaturated/α-hetero) is 1. The normalized spacial score (nSPS) is 10.9. The molecule has 4 nitrogen and oxygen atoms in total. The van der Waals surface area contributed by atoms with E-state index < -0.39 is 17.4 Å². The molecule has 0 unspecified atom stereocenters. The zero-order valence-electron chi connectivity index (χ0n) is 8.20.